The lowest BCUT2D eigenvalue weighted by atomic mass is 10.0. The average Bonchev–Trinajstić information content (AvgIpc) is 1.71. The number of aryl methyl sites for hydroxylation is 5. The second kappa shape index (κ2) is 65.6. The van der Waals surface area contributed by atoms with E-state index in [2.05, 4.69) is 125 Å². The first-order valence-corrected chi connectivity index (χ1v) is 45.3. The van der Waals surface area contributed by atoms with Gasteiger partial charge in [-0.1, -0.05) is 406 Å². The number of nitrogens with zero attached hydrogens (tertiary/aromatic N) is 8. The van der Waals surface area contributed by atoms with Gasteiger partial charge < -0.3 is 5.32 Å². The largest absolute Gasteiger partial charge is 0.421 e. The average molecular weight is 1390 g/mol. The number of hydrogen-bond donors (Lipinski definition) is 1. The van der Waals surface area contributed by atoms with Crippen LogP contribution in [0.5, 0.6) is 0 Å². The van der Waals surface area contributed by atoms with Gasteiger partial charge >= 0.3 is 11.9 Å². The summed E-state index contributed by atoms with van der Waals surface area (Å²) in [5, 5.41) is 23.3. The molecule has 558 valence electrons. The highest BCUT2D eigenvalue weighted by Gasteiger charge is 2.19. The summed E-state index contributed by atoms with van der Waals surface area (Å²) >= 11 is 0. The third-order valence-electron chi connectivity index (χ3n) is 20.5. The molecular weight excluding hydrogens is 1240 g/mol. The topological polar surface area (TPSA) is 79.1 Å². The Kier molecular flexibility index (Phi) is 58.2. The Morgan fingerprint density at radius 2 is 0.571 bits per heavy atom. The molecule has 11 heteroatoms. The SMILES string of the molecule is CCCCCCCCCCCCCCCCn1cc[n+](CCCCCCCCCCCCCCCC)c1N=Nc1ccc(CCCSSCCNc2ccc(N=Nc3n(CCCCCCCCCCCCCCCC)cc[n+]3CCCCCCCCCCCCCCCC)cc2)cc1. The van der Waals surface area contributed by atoms with E-state index in [0.717, 1.165) is 86.0 Å². The van der Waals surface area contributed by atoms with Gasteiger partial charge in [0, 0.05) is 34.0 Å². The van der Waals surface area contributed by atoms with Crippen molar-refractivity contribution >= 4 is 50.5 Å². The van der Waals surface area contributed by atoms with Gasteiger partial charge in [-0.05, 0) is 80.5 Å². The third-order valence-corrected chi connectivity index (χ3v) is 23.0. The van der Waals surface area contributed by atoms with Gasteiger partial charge in [0.15, 0.2) is 0 Å². The lowest BCUT2D eigenvalue weighted by Crippen LogP contribution is -2.32. The minimum absolute atomic E-state index is 0.904. The molecule has 0 unspecified atom stereocenters. The zero-order valence-electron chi connectivity index (χ0n) is 64.8. The number of anilines is 1. The lowest BCUT2D eigenvalue weighted by Gasteiger charge is -2.06. The predicted molar refractivity (Wildman–Crippen MR) is 433 cm³/mol. The van der Waals surface area contributed by atoms with Crippen LogP contribution in [-0.4, -0.2) is 27.2 Å². The van der Waals surface area contributed by atoms with Crippen LogP contribution < -0.4 is 14.5 Å². The first-order valence-electron chi connectivity index (χ1n) is 42.8. The van der Waals surface area contributed by atoms with E-state index in [9.17, 15) is 0 Å². The molecule has 2 aromatic carbocycles. The highest BCUT2D eigenvalue weighted by Crippen LogP contribution is 2.27. The Labute approximate surface area is 614 Å². The molecule has 0 bridgehead atoms. The van der Waals surface area contributed by atoms with E-state index >= 15 is 0 Å². The van der Waals surface area contributed by atoms with E-state index in [4.69, 9.17) is 20.5 Å². The standard InChI is InChI=1S/C87H154N9S2/c1-5-9-13-17-21-25-29-33-37-41-45-49-53-57-72-93-76-77-94(73-58-54-50-46-42-38-34-30-26-22-18-14-10-6-2)86(93)91-89-84-65-63-82(64-66-84)62-61-80-97-98-81-71-88-83-67-69-85(70-68-83)90-92-87-95(74-59-55-51-47-43-39-35-31-27-23-19-15-11-7-3)78-79-96(87)75-60-56-52-48-44-40-36-32-28-24-20-16-12-8-4/h63-70,76-79H,5-62,71-75,80-81H2,1-4H3/q+1/p+1. The number of aromatic nitrogens is 4. The molecule has 0 radical (unpaired) electrons. The van der Waals surface area contributed by atoms with Crippen molar-refractivity contribution in [2.24, 2.45) is 20.5 Å². The first-order chi connectivity index (χ1) is 48.6. The summed E-state index contributed by atoms with van der Waals surface area (Å²) in [7, 11) is 3.97. The first kappa shape index (κ1) is 87.0. The molecule has 0 fully saturated rings. The van der Waals surface area contributed by atoms with E-state index in [0.29, 0.717) is 0 Å². The second-order valence-electron chi connectivity index (χ2n) is 29.6. The van der Waals surface area contributed by atoms with Crippen LogP contribution in [-0.2, 0) is 32.6 Å². The van der Waals surface area contributed by atoms with Crippen molar-refractivity contribution in [3.8, 4) is 0 Å². The normalized spacial score (nSPS) is 11.9. The van der Waals surface area contributed by atoms with Crippen molar-refractivity contribution in [1.29, 1.82) is 0 Å². The molecule has 0 amide bonds. The quantitative estimate of drug-likeness (QED) is 0.0207. The Morgan fingerprint density at radius 1 is 0.296 bits per heavy atom. The minimum atomic E-state index is 0.904. The fourth-order valence-electron chi connectivity index (χ4n) is 14.0. The van der Waals surface area contributed by atoms with E-state index in [-0.39, 0.29) is 0 Å². The molecule has 0 saturated heterocycles. The number of hydrogen-bond acceptors (Lipinski definition) is 7. The molecule has 4 rings (SSSR count). The van der Waals surface area contributed by atoms with Gasteiger partial charge in [0.1, 0.15) is 11.4 Å². The highest BCUT2D eigenvalue weighted by atomic mass is 33.1. The minimum Gasteiger partial charge on any atom is -0.384 e. The van der Waals surface area contributed by atoms with Crippen LogP contribution >= 0.6 is 21.6 Å². The zero-order valence-corrected chi connectivity index (χ0v) is 66.4. The fraction of sp³-hybridized carbons (Fsp3) is 0.793. The molecule has 2 heterocycles. The van der Waals surface area contributed by atoms with Crippen LogP contribution in [0.1, 0.15) is 399 Å². The van der Waals surface area contributed by atoms with E-state index in [1.54, 1.807) is 0 Å². The Morgan fingerprint density at radius 3 is 0.888 bits per heavy atom. The summed E-state index contributed by atoms with van der Waals surface area (Å²) in [4.78, 5) is 0. The number of azo groups is 2. The Hall–Kier alpha value is -3.44. The molecule has 2 aromatic heterocycles. The van der Waals surface area contributed by atoms with E-state index in [1.807, 2.05) is 21.6 Å². The summed E-state index contributed by atoms with van der Waals surface area (Å²) in [6.45, 7) is 14.2. The summed E-state index contributed by atoms with van der Waals surface area (Å²) in [5.74, 6) is 4.20. The summed E-state index contributed by atoms with van der Waals surface area (Å²) in [6.07, 6.45) is 88.8. The maximum atomic E-state index is 4.97. The van der Waals surface area contributed by atoms with Crippen molar-refractivity contribution < 1.29 is 9.13 Å². The van der Waals surface area contributed by atoms with Crippen LogP contribution in [0.25, 0.3) is 0 Å². The maximum Gasteiger partial charge on any atom is 0.421 e. The van der Waals surface area contributed by atoms with E-state index in [1.165, 1.54) is 365 Å². The lowest BCUT2D eigenvalue weighted by molar-refractivity contribution is -0.684. The van der Waals surface area contributed by atoms with Gasteiger partial charge in [-0.2, -0.15) is 0 Å². The van der Waals surface area contributed by atoms with Crippen LogP contribution in [0.2, 0.25) is 0 Å². The van der Waals surface area contributed by atoms with Gasteiger partial charge in [0.25, 0.3) is 0 Å². The summed E-state index contributed by atoms with van der Waals surface area (Å²) in [6, 6.07) is 17.4. The number of unbranched alkanes of at least 4 members (excludes halogenated alkanes) is 52. The molecule has 0 spiro atoms. The number of nitrogens with one attached hydrogen (secondary N) is 1. The van der Waals surface area contributed by atoms with Crippen LogP contribution in [0.15, 0.2) is 93.8 Å². The maximum absolute atomic E-state index is 4.97. The van der Waals surface area contributed by atoms with Crippen molar-refractivity contribution in [1.82, 2.24) is 9.13 Å². The molecule has 0 aliphatic rings. The van der Waals surface area contributed by atoms with Gasteiger partial charge in [0.2, 0.25) is 0 Å². The monoisotopic (exact) mass is 1390 g/mol. The fourth-order valence-corrected chi connectivity index (χ4v) is 16.0. The molecule has 0 aliphatic heterocycles. The van der Waals surface area contributed by atoms with Gasteiger partial charge in [0.05, 0.1) is 51.0 Å². The van der Waals surface area contributed by atoms with Gasteiger partial charge in [-0.3, -0.25) is 0 Å². The van der Waals surface area contributed by atoms with Crippen LogP contribution in [0.3, 0.4) is 0 Å². The molecule has 0 atom stereocenters. The van der Waals surface area contributed by atoms with Gasteiger partial charge in [-0.25, -0.2) is 18.3 Å². The summed E-state index contributed by atoms with van der Waals surface area (Å²) in [5.41, 5.74) is 4.36. The molecule has 4 aromatic rings. The molecule has 0 aliphatic carbocycles. The van der Waals surface area contributed by atoms with Crippen molar-refractivity contribution in [3.05, 3.63) is 78.9 Å². The summed E-state index contributed by atoms with van der Waals surface area (Å²) < 4.78 is 9.46. The number of rotatable bonds is 73. The molecule has 98 heavy (non-hydrogen) atoms. The second-order valence-corrected chi connectivity index (χ2v) is 32.3. The van der Waals surface area contributed by atoms with Crippen LogP contribution in [0.4, 0.5) is 29.0 Å². The number of benzene rings is 2. The highest BCUT2D eigenvalue weighted by molar-refractivity contribution is 8.76. The zero-order chi connectivity index (χ0) is 69.2. The molecule has 0 saturated carbocycles. The smallest absolute Gasteiger partial charge is 0.384 e. The molecule has 9 nitrogen and oxygen atoms in total. The van der Waals surface area contributed by atoms with E-state index < -0.39 is 0 Å². The molecular formula is C87H155N9S2+2. The van der Waals surface area contributed by atoms with Crippen molar-refractivity contribution in [3.63, 3.8) is 0 Å². The van der Waals surface area contributed by atoms with Crippen molar-refractivity contribution in [2.75, 3.05) is 23.4 Å². The Balaban J connectivity index is 1.15. The molecule has 1 N–H and O–H groups in total. The predicted octanol–water partition coefficient (Wildman–Crippen LogP) is 30.0. The third kappa shape index (κ3) is 47.7. The van der Waals surface area contributed by atoms with Gasteiger partial charge in [-0.15, -0.1) is 0 Å². The number of imidazole rings is 2. The van der Waals surface area contributed by atoms with Crippen molar-refractivity contribution in [2.45, 2.75) is 426 Å². The van der Waals surface area contributed by atoms with Crippen LogP contribution in [0, 0.1) is 0 Å². The Bertz CT molecular complexity index is 2130.